The van der Waals surface area contributed by atoms with Gasteiger partial charge < -0.3 is 25.0 Å². The highest BCUT2D eigenvalue weighted by molar-refractivity contribution is 6.06. The summed E-state index contributed by atoms with van der Waals surface area (Å²) in [4.78, 5) is 20.6. The predicted molar refractivity (Wildman–Crippen MR) is 153 cm³/mol. The molecule has 0 saturated carbocycles. The number of nitrogens with one attached hydrogen (secondary N) is 2. The van der Waals surface area contributed by atoms with Crippen molar-refractivity contribution in [1.82, 2.24) is 14.8 Å². The molecule has 39 heavy (non-hydrogen) atoms. The summed E-state index contributed by atoms with van der Waals surface area (Å²) in [5.74, 6) is 2.09. The van der Waals surface area contributed by atoms with E-state index in [1.54, 1.807) is 11.8 Å². The molecule has 1 aliphatic rings. The molecule has 9 nitrogen and oxygen atoms in total. The first-order chi connectivity index (χ1) is 18.9. The van der Waals surface area contributed by atoms with Gasteiger partial charge in [-0.05, 0) is 67.9 Å². The molecule has 0 aliphatic carbocycles. The van der Waals surface area contributed by atoms with Crippen LogP contribution in [0.4, 0.5) is 17.3 Å². The van der Waals surface area contributed by atoms with E-state index in [2.05, 4.69) is 10.6 Å². The average molecular weight is 525 g/mol. The number of rotatable bonds is 8. The third kappa shape index (κ3) is 5.16. The van der Waals surface area contributed by atoms with Crippen LogP contribution in [0.1, 0.15) is 25.5 Å². The van der Waals surface area contributed by atoms with Crippen LogP contribution < -0.4 is 25.0 Å². The lowest BCUT2D eigenvalue weighted by atomic mass is 9.94. The van der Waals surface area contributed by atoms with Gasteiger partial charge in [-0.25, -0.2) is 4.68 Å². The number of para-hydroxylation sites is 1. The number of hydrogen-bond acceptors (Lipinski definition) is 7. The molecule has 9 heteroatoms. The SMILES string of the molecule is CCOc1ccc(C2C(C(=O)Nc3ccccc3)=C(C)Nc3nc(-c4ccc(N(C)C)cc4)nn32)cc1OC. The van der Waals surface area contributed by atoms with Gasteiger partial charge in [0, 0.05) is 36.7 Å². The summed E-state index contributed by atoms with van der Waals surface area (Å²) in [5.41, 5.74) is 4.69. The zero-order valence-electron chi connectivity index (χ0n) is 22.7. The summed E-state index contributed by atoms with van der Waals surface area (Å²) in [5, 5.41) is 11.2. The quantitative estimate of drug-likeness (QED) is 0.321. The second-order valence-corrected chi connectivity index (χ2v) is 9.37. The van der Waals surface area contributed by atoms with Crippen molar-refractivity contribution in [2.24, 2.45) is 0 Å². The van der Waals surface area contributed by atoms with E-state index < -0.39 is 6.04 Å². The number of fused-ring (bicyclic) bond motifs is 1. The molecule has 0 radical (unpaired) electrons. The monoisotopic (exact) mass is 524 g/mol. The van der Waals surface area contributed by atoms with E-state index in [0.29, 0.717) is 46.8 Å². The topological polar surface area (TPSA) is 93.5 Å². The Morgan fingerprint density at radius 2 is 1.79 bits per heavy atom. The van der Waals surface area contributed by atoms with Crippen LogP contribution in [0.25, 0.3) is 11.4 Å². The molecule has 1 unspecified atom stereocenters. The van der Waals surface area contributed by atoms with E-state index in [1.807, 2.05) is 106 Å². The summed E-state index contributed by atoms with van der Waals surface area (Å²) in [6, 6.07) is 22.6. The summed E-state index contributed by atoms with van der Waals surface area (Å²) in [7, 11) is 5.60. The number of allylic oxidation sites excluding steroid dienone is 1. The summed E-state index contributed by atoms with van der Waals surface area (Å²) in [6.07, 6.45) is 0. The van der Waals surface area contributed by atoms with Crippen LogP contribution in [0.3, 0.4) is 0 Å². The number of amides is 1. The van der Waals surface area contributed by atoms with Crippen molar-refractivity contribution < 1.29 is 14.3 Å². The fourth-order valence-corrected chi connectivity index (χ4v) is 4.63. The molecule has 4 aromatic rings. The molecule has 200 valence electrons. The molecule has 2 N–H and O–H groups in total. The van der Waals surface area contributed by atoms with Crippen molar-refractivity contribution in [3.63, 3.8) is 0 Å². The van der Waals surface area contributed by atoms with Crippen LogP contribution in [0.5, 0.6) is 11.5 Å². The zero-order valence-corrected chi connectivity index (χ0v) is 22.7. The van der Waals surface area contributed by atoms with Gasteiger partial charge >= 0.3 is 0 Å². The minimum Gasteiger partial charge on any atom is -0.493 e. The number of benzene rings is 3. The number of aromatic nitrogens is 3. The van der Waals surface area contributed by atoms with E-state index in [1.165, 1.54) is 0 Å². The zero-order chi connectivity index (χ0) is 27.5. The number of anilines is 3. The van der Waals surface area contributed by atoms with Gasteiger partial charge in [0.25, 0.3) is 5.91 Å². The van der Waals surface area contributed by atoms with E-state index in [4.69, 9.17) is 19.6 Å². The third-order valence-electron chi connectivity index (χ3n) is 6.57. The Kier molecular flexibility index (Phi) is 7.23. The second-order valence-electron chi connectivity index (χ2n) is 9.37. The Hall–Kier alpha value is -4.79. The van der Waals surface area contributed by atoms with E-state index >= 15 is 0 Å². The van der Waals surface area contributed by atoms with Gasteiger partial charge in [0.05, 0.1) is 19.3 Å². The minimum absolute atomic E-state index is 0.234. The van der Waals surface area contributed by atoms with Crippen LogP contribution in [0, 0.1) is 0 Å². The Bertz CT molecular complexity index is 1510. The highest BCUT2D eigenvalue weighted by atomic mass is 16.5. The first kappa shape index (κ1) is 25.8. The largest absolute Gasteiger partial charge is 0.493 e. The molecular formula is C30H32N6O3. The second kappa shape index (κ2) is 10.9. The molecule has 5 rings (SSSR count). The lowest BCUT2D eigenvalue weighted by Gasteiger charge is -2.29. The van der Waals surface area contributed by atoms with Gasteiger partial charge in [0.15, 0.2) is 17.3 Å². The van der Waals surface area contributed by atoms with Gasteiger partial charge in [-0.1, -0.05) is 24.3 Å². The normalized spacial score (nSPS) is 14.3. The van der Waals surface area contributed by atoms with Crippen LogP contribution in [0.2, 0.25) is 0 Å². The lowest BCUT2D eigenvalue weighted by Crippen LogP contribution is -2.31. The highest BCUT2D eigenvalue weighted by Gasteiger charge is 2.35. The molecule has 0 bridgehead atoms. The first-order valence-corrected chi connectivity index (χ1v) is 12.8. The van der Waals surface area contributed by atoms with Gasteiger partial charge in [0.2, 0.25) is 5.95 Å². The van der Waals surface area contributed by atoms with Crippen molar-refractivity contribution in [1.29, 1.82) is 0 Å². The number of methoxy groups -OCH3 is 1. The maximum absolute atomic E-state index is 13.7. The molecule has 1 atom stereocenters. The van der Waals surface area contributed by atoms with Crippen LogP contribution in [0.15, 0.2) is 84.1 Å². The summed E-state index contributed by atoms with van der Waals surface area (Å²) < 4.78 is 13.1. The number of carbonyl (C=O) groups is 1. The number of nitrogens with zero attached hydrogens (tertiary/aromatic N) is 4. The fourth-order valence-electron chi connectivity index (χ4n) is 4.63. The Morgan fingerprint density at radius 3 is 2.46 bits per heavy atom. The molecule has 2 heterocycles. The number of carbonyl (C=O) groups excluding carboxylic acids is 1. The Labute approximate surface area is 228 Å². The summed E-state index contributed by atoms with van der Waals surface area (Å²) in [6.45, 7) is 4.31. The lowest BCUT2D eigenvalue weighted by molar-refractivity contribution is -0.113. The molecule has 1 aromatic heterocycles. The predicted octanol–water partition coefficient (Wildman–Crippen LogP) is 5.35. The van der Waals surface area contributed by atoms with Crippen molar-refractivity contribution in [3.8, 4) is 22.9 Å². The fraction of sp³-hybridized carbons (Fsp3) is 0.233. The number of hydrogen-bond donors (Lipinski definition) is 2. The minimum atomic E-state index is -0.558. The van der Waals surface area contributed by atoms with Crippen molar-refractivity contribution in [2.75, 3.05) is 43.3 Å². The van der Waals surface area contributed by atoms with Crippen molar-refractivity contribution >= 4 is 23.2 Å². The highest BCUT2D eigenvalue weighted by Crippen LogP contribution is 2.40. The van der Waals surface area contributed by atoms with E-state index in [9.17, 15) is 4.79 Å². The molecule has 0 spiro atoms. The van der Waals surface area contributed by atoms with Crippen LogP contribution in [-0.4, -0.2) is 48.5 Å². The maximum atomic E-state index is 13.7. The molecule has 1 amide bonds. The van der Waals surface area contributed by atoms with Gasteiger partial charge in [0.1, 0.15) is 6.04 Å². The third-order valence-corrected chi connectivity index (χ3v) is 6.57. The Balaban J connectivity index is 1.60. The van der Waals surface area contributed by atoms with Crippen LogP contribution in [-0.2, 0) is 4.79 Å². The molecule has 1 aliphatic heterocycles. The van der Waals surface area contributed by atoms with E-state index in [0.717, 1.165) is 16.8 Å². The van der Waals surface area contributed by atoms with Gasteiger partial charge in [-0.3, -0.25) is 4.79 Å². The molecule has 0 fully saturated rings. The van der Waals surface area contributed by atoms with Gasteiger partial charge in [-0.15, -0.1) is 5.10 Å². The van der Waals surface area contributed by atoms with Crippen molar-refractivity contribution in [2.45, 2.75) is 19.9 Å². The smallest absolute Gasteiger partial charge is 0.255 e. The standard InChI is InChI=1S/C30H32N6O3/c1-6-39-24-17-14-21(18-25(24)38-5)27-26(29(37)32-22-10-8-7-9-11-22)19(2)31-30-33-28(34-36(27)30)20-12-15-23(16-13-20)35(3)4/h7-18,27H,6H2,1-5H3,(H,32,37)(H,31,33,34). The molecular weight excluding hydrogens is 492 g/mol. The molecule has 3 aromatic carbocycles. The van der Waals surface area contributed by atoms with Crippen molar-refractivity contribution in [3.05, 3.63) is 89.6 Å². The summed E-state index contributed by atoms with van der Waals surface area (Å²) >= 11 is 0. The number of ether oxygens (including phenoxy) is 2. The maximum Gasteiger partial charge on any atom is 0.255 e. The van der Waals surface area contributed by atoms with E-state index in [-0.39, 0.29) is 5.91 Å². The van der Waals surface area contributed by atoms with Crippen LogP contribution >= 0.6 is 0 Å². The Morgan fingerprint density at radius 1 is 1.05 bits per heavy atom. The first-order valence-electron chi connectivity index (χ1n) is 12.8. The average Bonchev–Trinajstić information content (AvgIpc) is 3.37. The molecule has 0 saturated heterocycles. The van der Waals surface area contributed by atoms with Gasteiger partial charge in [-0.2, -0.15) is 4.98 Å².